The second-order valence-corrected chi connectivity index (χ2v) is 6.36. The molecule has 0 unspecified atom stereocenters. The van der Waals surface area contributed by atoms with Crippen molar-refractivity contribution < 1.29 is 9.90 Å². The molecule has 1 aromatic rings. The number of nitrogens with zero attached hydrogens (tertiary/aromatic N) is 1. The molecule has 3 N–H and O–H groups in total. The van der Waals surface area contributed by atoms with E-state index in [2.05, 4.69) is 11.8 Å². The van der Waals surface area contributed by atoms with Gasteiger partial charge in [0.1, 0.15) is 0 Å². The number of aliphatic hydroxyl groups is 1. The van der Waals surface area contributed by atoms with Gasteiger partial charge in [-0.2, -0.15) is 0 Å². The van der Waals surface area contributed by atoms with E-state index in [1.165, 1.54) is 11.3 Å². The van der Waals surface area contributed by atoms with Crippen molar-refractivity contribution in [2.75, 3.05) is 20.1 Å². The van der Waals surface area contributed by atoms with E-state index >= 15 is 0 Å². The third-order valence-electron chi connectivity index (χ3n) is 3.52. The van der Waals surface area contributed by atoms with Crippen LogP contribution in [-0.4, -0.2) is 42.2 Å². The Kier molecular flexibility index (Phi) is 4.81. The lowest BCUT2D eigenvalue weighted by Crippen LogP contribution is -2.39. The Morgan fingerprint density at radius 3 is 2.90 bits per heavy atom. The third kappa shape index (κ3) is 3.40. The maximum atomic E-state index is 12.3. The molecule has 1 heterocycles. The van der Waals surface area contributed by atoms with Gasteiger partial charge >= 0.3 is 0 Å². The Morgan fingerprint density at radius 1 is 1.60 bits per heavy atom. The first-order valence-corrected chi connectivity index (χ1v) is 7.55. The molecule has 1 aliphatic rings. The normalized spacial score (nSPS) is 20.8. The summed E-state index contributed by atoms with van der Waals surface area (Å²) in [6.45, 7) is 2.98. The Labute approximate surface area is 123 Å². The number of nitrogens with two attached hydrogens (primary N) is 1. The lowest BCUT2D eigenvalue weighted by molar-refractivity contribution is 0.0266. The molecule has 108 valence electrons. The van der Waals surface area contributed by atoms with Crippen LogP contribution in [0.1, 0.15) is 33.0 Å². The molecule has 0 bridgehead atoms. The fraction of sp³-hybridized carbons (Fsp3) is 0.533. The summed E-state index contributed by atoms with van der Waals surface area (Å²) >= 11 is 1.42. The van der Waals surface area contributed by atoms with Crippen LogP contribution in [0.15, 0.2) is 6.07 Å². The monoisotopic (exact) mass is 292 g/mol. The number of aliphatic hydroxyl groups excluding tert-OH is 1. The minimum Gasteiger partial charge on any atom is -0.393 e. The molecule has 1 saturated carbocycles. The average Bonchev–Trinajstić information content (AvgIpc) is 2.75. The third-order valence-corrected chi connectivity index (χ3v) is 4.66. The highest BCUT2D eigenvalue weighted by molar-refractivity contribution is 7.14. The number of hydrogen-bond donors (Lipinski definition) is 2. The molecule has 0 aliphatic heterocycles. The van der Waals surface area contributed by atoms with Crippen LogP contribution in [0.3, 0.4) is 0 Å². The topological polar surface area (TPSA) is 66.6 Å². The van der Waals surface area contributed by atoms with E-state index < -0.39 is 0 Å². The molecule has 0 aromatic carbocycles. The van der Waals surface area contributed by atoms with Gasteiger partial charge in [-0.15, -0.1) is 11.3 Å². The molecule has 0 saturated heterocycles. The molecular weight excluding hydrogens is 272 g/mol. The van der Waals surface area contributed by atoms with Crippen LogP contribution in [0.2, 0.25) is 0 Å². The van der Waals surface area contributed by atoms with Crippen LogP contribution in [0.25, 0.3) is 0 Å². The molecule has 0 atom stereocenters. The summed E-state index contributed by atoms with van der Waals surface area (Å²) in [4.78, 5) is 15.7. The van der Waals surface area contributed by atoms with Gasteiger partial charge in [0.25, 0.3) is 5.91 Å². The molecule has 5 heteroatoms. The Morgan fingerprint density at radius 2 is 2.30 bits per heavy atom. The van der Waals surface area contributed by atoms with Crippen molar-refractivity contribution in [2.45, 2.75) is 25.9 Å². The molecule has 0 radical (unpaired) electrons. The summed E-state index contributed by atoms with van der Waals surface area (Å²) in [5, 5.41) is 9.28. The van der Waals surface area contributed by atoms with E-state index in [1.54, 1.807) is 4.90 Å². The number of hydrogen-bond acceptors (Lipinski definition) is 4. The summed E-state index contributed by atoms with van der Waals surface area (Å²) in [6.07, 6.45) is 1.42. The zero-order valence-corrected chi connectivity index (χ0v) is 12.7. The first-order chi connectivity index (χ1) is 9.51. The van der Waals surface area contributed by atoms with Crippen LogP contribution in [0.4, 0.5) is 0 Å². The second kappa shape index (κ2) is 6.40. The van der Waals surface area contributed by atoms with E-state index in [9.17, 15) is 9.90 Å². The molecular formula is C15H20N2O2S. The summed E-state index contributed by atoms with van der Waals surface area (Å²) in [5.74, 6) is 6.27. The molecule has 0 spiro atoms. The smallest absolute Gasteiger partial charge is 0.263 e. The zero-order valence-electron chi connectivity index (χ0n) is 11.8. The number of aryl methyl sites for hydroxylation is 1. The van der Waals surface area contributed by atoms with Crippen LogP contribution >= 0.6 is 11.3 Å². The summed E-state index contributed by atoms with van der Waals surface area (Å²) in [5.41, 5.74) is 6.38. The SMILES string of the molecule is Cc1cc(C(=O)N(C)CC2CC(O)C2)sc1C#CCN. The van der Waals surface area contributed by atoms with Crippen molar-refractivity contribution in [1.29, 1.82) is 0 Å². The minimum absolute atomic E-state index is 0.0280. The molecule has 1 amide bonds. The van der Waals surface area contributed by atoms with Crippen LogP contribution in [-0.2, 0) is 0 Å². The highest BCUT2D eigenvalue weighted by Gasteiger charge is 2.29. The van der Waals surface area contributed by atoms with Gasteiger partial charge in [0, 0.05) is 13.6 Å². The fourth-order valence-electron chi connectivity index (χ4n) is 2.35. The summed E-state index contributed by atoms with van der Waals surface area (Å²) < 4.78 is 0. The standard InChI is InChI=1S/C15H20N2O2S/c1-10-6-14(20-13(10)4-3-5-16)15(19)17(2)9-11-7-12(18)8-11/h6,11-12,18H,5,7-9,16H2,1-2H3. The molecule has 1 aromatic heterocycles. The van der Waals surface area contributed by atoms with Crippen molar-refractivity contribution in [1.82, 2.24) is 4.90 Å². The molecule has 1 fully saturated rings. The largest absolute Gasteiger partial charge is 0.393 e. The molecule has 1 aliphatic carbocycles. The van der Waals surface area contributed by atoms with Crippen molar-refractivity contribution in [2.24, 2.45) is 11.7 Å². The quantitative estimate of drug-likeness (QED) is 0.823. The van der Waals surface area contributed by atoms with Crippen molar-refractivity contribution in [3.63, 3.8) is 0 Å². The maximum absolute atomic E-state index is 12.3. The highest BCUT2D eigenvalue weighted by Crippen LogP contribution is 2.28. The van der Waals surface area contributed by atoms with Crippen LogP contribution < -0.4 is 5.73 Å². The van der Waals surface area contributed by atoms with E-state index in [1.807, 2.05) is 20.0 Å². The van der Waals surface area contributed by atoms with Crippen LogP contribution in [0, 0.1) is 24.7 Å². The molecule has 2 rings (SSSR count). The molecule has 20 heavy (non-hydrogen) atoms. The van der Waals surface area contributed by atoms with Crippen molar-refractivity contribution in [3.8, 4) is 11.8 Å². The first kappa shape index (κ1) is 15.0. The van der Waals surface area contributed by atoms with Crippen molar-refractivity contribution in [3.05, 3.63) is 21.4 Å². The van der Waals surface area contributed by atoms with E-state index in [0.29, 0.717) is 23.9 Å². The summed E-state index contributed by atoms with van der Waals surface area (Å²) in [7, 11) is 1.81. The lowest BCUT2D eigenvalue weighted by Gasteiger charge is -2.34. The van der Waals surface area contributed by atoms with Gasteiger partial charge in [-0.25, -0.2) is 0 Å². The van der Waals surface area contributed by atoms with E-state index in [4.69, 9.17) is 5.73 Å². The predicted molar refractivity (Wildman–Crippen MR) is 80.7 cm³/mol. The fourth-order valence-corrected chi connectivity index (χ4v) is 3.39. The number of rotatable bonds is 3. The van der Waals surface area contributed by atoms with Gasteiger partial charge in [-0.1, -0.05) is 11.8 Å². The Bertz CT molecular complexity index is 550. The number of carbonyl (C=O) groups is 1. The van der Waals surface area contributed by atoms with E-state index in [-0.39, 0.29) is 12.0 Å². The van der Waals surface area contributed by atoms with Gasteiger partial charge in [-0.3, -0.25) is 4.79 Å². The number of amides is 1. The van der Waals surface area contributed by atoms with Gasteiger partial charge < -0.3 is 15.7 Å². The average molecular weight is 292 g/mol. The summed E-state index contributed by atoms with van der Waals surface area (Å²) in [6, 6.07) is 1.89. The maximum Gasteiger partial charge on any atom is 0.263 e. The van der Waals surface area contributed by atoms with Gasteiger partial charge in [0.05, 0.1) is 22.4 Å². The van der Waals surface area contributed by atoms with Crippen LogP contribution in [0.5, 0.6) is 0 Å². The minimum atomic E-state index is -0.175. The van der Waals surface area contributed by atoms with Crippen molar-refractivity contribution >= 4 is 17.2 Å². The van der Waals surface area contributed by atoms with E-state index in [0.717, 1.165) is 23.3 Å². The lowest BCUT2D eigenvalue weighted by atomic mass is 9.82. The Balaban J connectivity index is 2.01. The number of carbonyl (C=O) groups excluding carboxylic acids is 1. The van der Waals surface area contributed by atoms with Gasteiger partial charge in [0.15, 0.2) is 0 Å². The molecule has 4 nitrogen and oxygen atoms in total. The van der Waals surface area contributed by atoms with Gasteiger partial charge in [-0.05, 0) is 37.3 Å². The Hall–Kier alpha value is -1.35. The van der Waals surface area contributed by atoms with Gasteiger partial charge in [0.2, 0.25) is 0 Å². The predicted octanol–water partition coefficient (Wildman–Crippen LogP) is 1.21. The second-order valence-electron chi connectivity index (χ2n) is 5.31. The number of thiophene rings is 1. The first-order valence-electron chi connectivity index (χ1n) is 6.74. The highest BCUT2D eigenvalue weighted by atomic mass is 32.1. The zero-order chi connectivity index (χ0) is 14.7.